The Bertz CT molecular complexity index is 1290. The summed E-state index contributed by atoms with van der Waals surface area (Å²) < 4.78 is 0. The molecule has 0 radical (unpaired) electrons. The quantitative estimate of drug-likeness (QED) is 0.471. The van der Waals surface area contributed by atoms with E-state index in [1.807, 2.05) is 52.0 Å². The Morgan fingerprint density at radius 1 is 1.03 bits per heavy atom. The molecule has 1 unspecified atom stereocenters. The van der Waals surface area contributed by atoms with Gasteiger partial charge >= 0.3 is 0 Å². The fraction of sp³-hybridized carbons (Fsp3) is 0.292. The molecule has 9 heteroatoms. The van der Waals surface area contributed by atoms with Gasteiger partial charge in [0.25, 0.3) is 5.56 Å². The van der Waals surface area contributed by atoms with Gasteiger partial charge < -0.3 is 10.6 Å². The predicted octanol–water partition coefficient (Wildman–Crippen LogP) is 4.14. The van der Waals surface area contributed by atoms with Crippen LogP contribution < -0.4 is 16.2 Å². The molecule has 0 saturated carbocycles. The molecular formula is C24H27N5O3S. The van der Waals surface area contributed by atoms with Crippen molar-refractivity contribution in [2.24, 2.45) is 0 Å². The van der Waals surface area contributed by atoms with Gasteiger partial charge in [0.15, 0.2) is 10.9 Å². The van der Waals surface area contributed by atoms with E-state index in [9.17, 15) is 14.4 Å². The molecule has 2 aromatic carbocycles. The van der Waals surface area contributed by atoms with Crippen LogP contribution in [0.5, 0.6) is 0 Å². The number of thioether (sulfide) groups is 1. The molecule has 0 bridgehead atoms. The number of carbonyl (C=O) groups excluding carboxylic acids is 2. The van der Waals surface area contributed by atoms with Crippen LogP contribution in [0.15, 0.2) is 40.3 Å². The van der Waals surface area contributed by atoms with Crippen molar-refractivity contribution in [2.75, 3.05) is 10.6 Å². The fourth-order valence-corrected chi connectivity index (χ4v) is 4.13. The summed E-state index contributed by atoms with van der Waals surface area (Å²) in [6.07, 6.45) is 0. The predicted molar refractivity (Wildman–Crippen MR) is 132 cm³/mol. The van der Waals surface area contributed by atoms with Crippen molar-refractivity contribution in [1.29, 1.82) is 0 Å². The lowest BCUT2D eigenvalue weighted by Crippen LogP contribution is -2.24. The molecule has 0 aliphatic rings. The SMILES string of the molecule is CC(=O)Nc1c(C)cc(C)cc1-c1nnc(SC(C)C(=O)Nc2cccc(C)c2C)[nH]c1=O. The molecule has 33 heavy (non-hydrogen) atoms. The number of aryl methyl sites for hydroxylation is 3. The van der Waals surface area contributed by atoms with Gasteiger partial charge in [0.05, 0.1) is 10.9 Å². The lowest BCUT2D eigenvalue weighted by atomic mass is 10.0. The van der Waals surface area contributed by atoms with E-state index in [2.05, 4.69) is 25.8 Å². The Morgan fingerprint density at radius 2 is 1.76 bits per heavy atom. The first-order valence-electron chi connectivity index (χ1n) is 10.5. The number of hydrogen-bond acceptors (Lipinski definition) is 6. The van der Waals surface area contributed by atoms with Crippen LogP contribution in [0.4, 0.5) is 11.4 Å². The normalized spacial score (nSPS) is 11.7. The molecule has 1 atom stereocenters. The van der Waals surface area contributed by atoms with Crippen molar-refractivity contribution in [3.8, 4) is 11.3 Å². The van der Waals surface area contributed by atoms with E-state index in [0.29, 0.717) is 11.3 Å². The summed E-state index contributed by atoms with van der Waals surface area (Å²) in [6.45, 7) is 10.8. The number of aromatic amines is 1. The molecule has 0 spiro atoms. The molecule has 8 nitrogen and oxygen atoms in total. The molecule has 1 heterocycles. The van der Waals surface area contributed by atoms with Crippen molar-refractivity contribution >= 4 is 35.0 Å². The first-order chi connectivity index (χ1) is 15.6. The van der Waals surface area contributed by atoms with Gasteiger partial charge in [-0.25, -0.2) is 0 Å². The Hall–Kier alpha value is -3.46. The maximum atomic E-state index is 12.8. The second kappa shape index (κ2) is 9.99. The van der Waals surface area contributed by atoms with Crippen molar-refractivity contribution in [1.82, 2.24) is 15.2 Å². The molecule has 1 aromatic heterocycles. The van der Waals surface area contributed by atoms with Crippen LogP contribution in [0.3, 0.4) is 0 Å². The minimum Gasteiger partial charge on any atom is -0.325 e. The maximum Gasteiger partial charge on any atom is 0.278 e. The first-order valence-corrected chi connectivity index (χ1v) is 11.3. The van der Waals surface area contributed by atoms with Crippen LogP contribution in [-0.4, -0.2) is 32.2 Å². The van der Waals surface area contributed by atoms with Crippen molar-refractivity contribution < 1.29 is 9.59 Å². The number of nitrogens with zero attached hydrogens (tertiary/aromatic N) is 2. The molecule has 3 rings (SSSR count). The number of H-pyrrole nitrogens is 1. The third-order valence-electron chi connectivity index (χ3n) is 5.23. The van der Waals surface area contributed by atoms with Gasteiger partial charge in [0, 0.05) is 18.2 Å². The fourth-order valence-electron chi connectivity index (χ4n) is 3.39. The van der Waals surface area contributed by atoms with Crippen LogP contribution in [0, 0.1) is 27.7 Å². The Morgan fingerprint density at radius 3 is 2.42 bits per heavy atom. The van der Waals surface area contributed by atoms with Gasteiger partial charge in [-0.1, -0.05) is 35.5 Å². The molecule has 3 aromatic rings. The molecule has 2 amide bonds. The Kier molecular flexibility index (Phi) is 7.33. The number of aromatic nitrogens is 3. The van der Waals surface area contributed by atoms with E-state index < -0.39 is 10.8 Å². The molecule has 0 saturated heterocycles. The summed E-state index contributed by atoms with van der Waals surface area (Å²) in [5.74, 6) is -0.453. The number of carbonyl (C=O) groups is 2. The van der Waals surface area contributed by atoms with Gasteiger partial charge in [0.2, 0.25) is 11.8 Å². The van der Waals surface area contributed by atoms with Crippen LogP contribution in [0.2, 0.25) is 0 Å². The summed E-state index contributed by atoms with van der Waals surface area (Å²) in [6, 6.07) is 9.42. The minimum atomic E-state index is -0.517. The summed E-state index contributed by atoms with van der Waals surface area (Å²) >= 11 is 1.11. The van der Waals surface area contributed by atoms with Crippen molar-refractivity contribution in [3.05, 3.63) is 62.9 Å². The summed E-state index contributed by atoms with van der Waals surface area (Å²) in [5.41, 5.74) is 5.25. The Labute approximate surface area is 196 Å². The van der Waals surface area contributed by atoms with Crippen LogP contribution in [0.25, 0.3) is 11.3 Å². The number of hydrogen-bond donors (Lipinski definition) is 3. The second-order valence-electron chi connectivity index (χ2n) is 7.99. The van der Waals surface area contributed by atoms with Crippen molar-refractivity contribution in [2.45, 2.75) is 51.9 Å². The van der Waals surface area contributed by atoms with Crippen LogP contribution in [-0.2, 0) is 9.59 Å². The lowest BCUT2D eigenvalue weighted by Gasteiger charge is -2.15. The van der Waals surface area contributed by atoms with E-state index >= 15 is 0 Å². The van der Waals surface area contributed by atoms with E-state index in [-0.39, 0.29) is 22.7 Å². The lowest BCUT2D eigenvalue weighted by molar-refractivity contribution is -0.115. The zero-order chi connectivity index (χ0) is 24.3. The number of benzene rings is 2. The minimum absolute atomic E-state index is 0.0994. The van der Waals surface area contributed by atoms with Crippen molar-refractivity contribution in [3.63, 3.8) is 0 Å². The van der Waals surface area contributed by atoms with Gasteiger partial charge in [-0.2, -0.15) is 0 Å². The zero-order valence-electron chi connectivity index (χ0n) is 19.5. The topological polar surface area (TPSA) is 117 Å². The van der Waals surface area contributed by atoms with Crippen LogP contribution >= 0.6 is 11.8 Å². The van der Waals surface area contributed by atoms with Gasteiger partial charge in [0.1, 0.15) is 0 Å². The maximum absolute atomic E-state index is 12.8. The van der Waals surface area contributed by atoms with Gasteiger partial charge in [-0.15, -0.1) is 10.2 Å². The highest BCUT2D eigenvalue weighted by atomic mass is 32.2. The van der Waals surface area contributed by atoms with E-state index in [1.54, 1.807) is 13.0 Å². The summed E-state index contributed by atoms with van der Waals surface area (Å²) in [7, 11) is 0. The highest BCUT2D eigenvalue weighted by Crippen LogP contribution is 2.30. The molecule has 172 valence electrons. The number of rotatable bonds is 6. The number of anilines is 2. The van der Waals surface area contributed by atoms with E-state index in [4.69, 9.17) is 0 Å². The second-order valence-corrected chi connectivity index (χ2v) is 9.32. The molecule has 0 aliphatic carbocycles. The average Bonchev–Trinajstić information content (AvgIpc) is 2.73. The highest BCUT2D eigenvalue weighted by molar-refractivity contribution is 8.00. The smallest absolute Gasteiger partial charge is 0.278 e. The monoisotopic (exact) mass is 465 g/mol. The van der Waals surface area contributed by atoms with Crippen LogP contribution in [0.1, 0.15) is 36.1 Å². The third kappa shape index (κ3) is 5.67. The molecular weight excluding hydrogens is 438 g/mol. The average molecular weight is 466 g/mol. The van der Waals surface area contributed by atoms with Gasteiger partial charge in [-0.3, -0.25) is 19.4 Å². The number of amides is 2. The zero-order valence-corrected chi connectivity index (χ0v) is 20.3. The molecule has 0 fully saturated rings. The molecule has 0 aliphatic heterocycles. The Balaban J connectivity index is 1.83. The summed E-state index contributed by atoms with van der Waals surface area (Å²) in [4.78, 5) is 39.9. The number of nitrogens with one attached hydrogen (secondary N) is 3. The third-order valence-corrected chi connectivity index (χ3v) is 6.21. The largest absolute Gasteiger partial charge is 0.325 e. The molecule has 3 N–H and O–H groups in total. The summed E-state index contributed by atoms with van der Waals surface area (Å²) in [5, 5.41) is 13.7. The first kappa shape index (κ1) is 24.2. The standard InChI is InChI=1S/C24H27N5O3S/c1-12-10-14(3)20(25-17(6)30)18(11-12)21-23(32)27-24(29-28-21)33-16(5)22(31)26-19-9-7-8-13(2)15(19)4/h7-11,16H,1-6H3,(H,25,30)(H,26,31)(H,27,29,32). The van der Waals surface area contributed by atoms with E-state index in [1.165, 1.54) is 6.92 Å². The highest BCUT2D eigenvalue weighted by Gasteiger charge is 2.20. The van der Waals surface area contributed by atoms with E-state index in [0.717, 1.165) is 39.7 Å². The van der Waals surface area contributed by atoms with Gasteiger partial charge in [-0.05, 0) is 63.4 Å².